The van der Waals surface area contributed by atoms with Crippen molar-refractivity contribution in [2.45, 2.75) is 39.7 Å². The molecule has 2 atom stereocenters. The van der Waals surface area contributed by atoms with Crippen molar-refractivity contribution in [3.8, 4) is 0 Å². The molecule has 0 bridgehead atoms. The fraction of sp³-hybridized carbons (Fsp3) is 0.923. The van der Waals surface area contributed by atoms with Gasteiger partial charge in [-0.15, -0.1) is 0 Å². The third kappa shape index (κ3) is 4.64. The molecule has 0 aliphatic carbocycles. The van der Waals surface area contributed by atoms with Crippen LogP contribution in [0.2, 0.25) is 0 Å². The van der Waals surface area contributed by atoms with E-state index in [1.165, 1.54) is 12.8 Å². The minimum atomic E-state index is -0.0122. The molecule has 0 saturated carbocycles. The highest BCUT2D eigenvalue weighted by atomic mass is 16.2. The Morgan fingerprint density at radius 2 is 2.29 bits per heavy atom. The fourth-order valence-electron chi connectivity index (χ4n) is 2.46. The number of nitrogens with one attached hydrogen (secondary N) is 2. The molecule has 1 amide bonds. The first kappa shape index (κ1) is 14.5. The molecule has 1 heterocycles. The molecule has 2 N–H and O–H groups in total. The Balaban J connectivity index is 2.42. The summed E-state index contributed by atoms with van der Waals surface area (Å²) in [5.41, 5.74) is 0. The van der Waals surface area contributed by atoms with Gasteiger partial charge < -0.3 is 10.6 Å². The van der Waals surface area contributed by atoms with E-state index in [4.69, 9.17) is 0 Å². The maximum Gasteiger partial charge on any atom is 0.237 e. The average molecular weight is 241 g/mol. The van der Waals surface area contributed by atoms with Crippen molar-refractivity contribution >= 4 is 5.91 Å². The fourth-order valence-corrected chi connectivity index (χ4v) is 2.46. The van der Waals surface area contributed by atoms with Crippen LogP contribution in [0.5, 0.6) is 0 Å². The molecule has 0 radical (unpaired) electrons. The molecule has 0 spiro atoms. The second-order valence-electron chi connectivity index (χ2n) is 4.87. The zero-order chi connectivity index (χ0) is 12.7. The van der Waals surface area contributed by atoms with Gasteiger partial charge in [0.1, 0.15) is 0 Å². The lowest BCUT2D eigenvalue weighted by atomic mass is 9.98. The second-order valence-corrected chi connectivity index (χ2v) is 4.87. The van der Waals surface area contributed by atoms with E-state index in [1.807, 2.05) is 13.8 Å². The van der Waals surface area contributed by atoms with Crippen molar-refractivity contribution in [3.05, 3.63) is 0 Å². The van der Waals surface area contributed by atoms with Crippen molar-refractivity contribution in [3.63, 3.8) is 0 Å². The largest absolute Gasteiger partial charge is 0.355 e. The molecule has 4 heteroatoms. The molecule has 1 rings (SSSR count). The zero-order valence-electron chi connectivity index (χ0n) is 11.5. The van der Waals surface area contributed by atoms with Crippen LogP contribution in [0.15, 0.2) is 0 Å². The van der Waals surface area contributed by atoms with E-state index in [2.05, 4.69) is 22.5 Å². The van der Waals surface area contributed by atoms with Crippen molar-refractivity contribution in [2.24, 2.45) is 5.92 Å². The Hall–Kier alpha value is -0.610. The van der Waals surface area contributed by atoms with Gasteiger partial charge in [0.05, 0.1) is 6.04 Å². The standard InChI is InChI=1S/C13H27N3O/c1-4-15-13(17)11(3)16(5-2)10-12-7-6-8-14-9-12/h11-12,14H,4-10H2,1-3H3,(H,15,17). The summed E-state index contributed by atoms with van der Waals surface area (Å²) in [5.74, 6) is 0.846. The van der Waals surface area contributed by atoms with Crippen LogP contribution < -0.4 is 10.6 Å². The van der Waals surface area contributed by atoms with E-state index in [-0.39, 0.29) is 11.9 Å². The first-order chi connectivity index (χ1) is 8.19. The minimum Gasteiger partial charge on any atom is -0.355 e. The highest BCUT2D eigenvalue weighted by Crippen LogP contribution is 2.13. The minimum absolute atomic E-state index is 0.0122. The number of carbonyl (C=O) groups excluding carboxylic acids is 1. The predicted octanol–water partition coefficient (Wildman–Crippen LogP) is 0.833. The van der Waals surface area contributed by atoms with E-state index in [1.54, 1.807) is 0 Å². The average Bonchev–Trinajstić information content (AvgIpc) is 2.36. The molecular weight excluding hydrogens is 214 g/mol. The lowest BCUT2D eigenvalue weighted by Crippen LogP contribution is -2.48. The number of carbonyl (C=O) groups is 1. The van der Waals surface area contributed by atoms with Gasteiger partial charge in [-0.2, -0.15) is 0 Å². The van der Waals surface area contributed by atoms with Gasteiger partial charge in [-0.05, 0) is 52.2 Å². The first-order valence-corrected chi connectivity index (χ1v) is 6.91. The summed E-state index contributed by atoms with van der Waals surface area (Å²) < 4.78 is 0. The normalized spacial score (nSPS) is 22.5. The molecular formula is C13H27N3O. The number of likely N-dealkylation sites (N-methyl/N-ethyl adjacent to an activating group) is 2. The summed E-state index contributed by atoms with van der Waals surface area (Å²) in [5, 5.41) is 6.33. The Morgan fingerprint density at radius 3 is 2.82 bits per heavy atom. The summed E-state index contributed by atoms with van der Waals surface area (Å²) in [4.78, 5) is 14.1. The number of amides is 1. The van der Waals surface area contributed by atoms with Crippen molar-refractivity contribution < 1.29 is 4.79 Å². The summed E-state index contributed by atoms with van der Waals surface area (Å²) in [7, 11) is 0. The summed E-state index contributed by atoms with van der Waals surface area (Å²) in [6.45, 7) is 11.0. The highest BCUT2D eigenvalue weighted by molar-refractivity contribution is 5.81. The lowest BCUT2D eigenvalue weighted by Gasteiger charge is -2.32. The summed E-state index contributed by atoms with van der Waals surface area (Å²) in [6.07, 6.45) is 2.55. The van der Waals surface area contributed by atoms with Crippen molar-refractivity contribution in [1.29, 1.82) is 0 Å². The van der Waals surface area contributed by atoms with Crippen molar-refractivity contribution in [2.75, 3.05) is 32.7 Å². The van der Waals surface area contributed by atoms with Gasteiger partial charge in [-0.1, -0.05) is 6.92 Å². The van der Waals surface area contributed by atoms with Gasteiger partial charge in [-0.3, -0.25) is 9.69 Å². The van der Waals surface area contributed by atoms with Gasteiger partial charge in [-0.25, -0.2) is 0 Å². The number of rotatable bonds is 6. The number of nitrogens with zero attached hydrogens (tertiary/aromatic N) is 1. The molecule has 4 nitrogen and oxygen atoms in total. The molecule has 1 aliphatic rings. The van der Waals surface area contributed by atoms with Crippen molar-refractivity contribution in [1.82, 2.24) is 15.5 Å². The van der Waals surface area contributed by atoms with Crippen LogP contribution in [0.3, 0.4) is 0 Å². The third-order valence-electron chi connectivity index (χ3n) is 3.58. The maximum atomic E-state index is 11.8. The molecule has 1 aliphatic heterocycles. The SMILES string of the molecule is CCNC(=O)C(C)N(CC)CC1CCCNC1. The van der Waals surface area contributed by atoms with Crippen LogP contribution >= 0.6 is 0 Å². The smallest absolute Gasteiger partial charge is 0.237 e. The Bertz CT molecular complexity index is 227. The van der Waals surface area contributed by atoms with E-state index in [0.29, 0.717) is 12.5 Å². The van der Waals surface area contributed by atoms with E-state index < -0.39 is 0 Å². The molecule has 1 saturated heterocycles. The van der Waals surface area contributed by atoms with E-state index >= 15 is 0 Å². The van der Waals surface area contributed by atoms with Crippen LogP contribution in [-0.2, 0) is 4.79 Å². The monoisotopic (exact) mass is 241 g/mol. The number of hydrogen-bond acceptors (Lipinski definition) is 3. The van der Waals surface area contributed by atoms with E-state index in [9.17, 15) is 4.79 Å². The molecule has 17 heavy (non-hydrogen) atoms. The second kappa shape index (κ2) is 7.67. The van der Waals surface area contributed by atoms with Gasteiger partial charge in [0.15, 0.2) is 0 Å². The molecule has 1 fully saturated rings. The van der Waals surface area contributed by atoms with Crippen LogP contribution in [0.4, 0.5) is 0 Å². The van der Waals surface area contributed by atoms with Gasteiger partial charge >= 0.3 is 0 Å². The van der Waals surface area contributed by atoms with Crippen LogP contribution in [0.1, 0.15) is 33.6 Å². The first-order valence-electron chi connectivity index (χ1n) is 6.91. The Morgan fingerprint density at radius 1 is 1.53 bits per heavy atom. The molecule has 0 aromatic carbocycles. The third-order valence-corrected chi connectivity index (χ3v) is 3.58. The van der Waals surface area contributed by atoms with Crippen LogP contribution in [0, 0.1) is 5.92 Å². The van der Waals surface area contributed by atoms with Gasteiger partial charge in [0.2, 0.25) is 5.91 Å². The van der Waals surface area contributed by atoms with Crippen LogP contribution in [-0.4, -0.2) is 49.6 Å². The van der Waals surface area contributed by atoms with Gasteiger partial charge in [0.25, 0.3) is 0 Å². The zero-order valence-corrected chi connectivity index (χ0v) is 11.5. The topological polar surface area (TPSA) is 44.4 Å². The number of piperidine rings is 1. The Labute approximate surface area is 105 Å². The molecule has 100 valence electrons. The lowest BCUT2D eigenvalue weighted by molar-refractivity contribution is -0.126. The van der Waals surface area contributed by atoms with E-state index in [0.717, 1.165) is 26.2 Å². The quantitative estimate of drug-likeness (QED) is 0.724. The Kier molecular flexibility index (Phi) is 6.52. The molecule has 2 unspecified atom stereocenters. The maximum absolute atomic E-state index is 11.8. The summed E-state index contributed by atoms with van der Waals surface area (Å²) in [6, 6.07) is -0.0122. The molecule has 0 aromatic heterocycles. The number of hydrogen-bond donors (Lipinski definition) is 2. The van der Waals surface area contributed by atoms with Crippen LogP contribution in [0.25, 0.3) is 0 Å². The molecule has 0 aromatic rings. The summed E-state index contributed by atoms with van der Waals surface area (Å²) >= 11 is 0. The highest BCUT2D eigenvalue weighted by Gasteiger charge is 2.23. The van der Waals surface area contributed by atoms with Gasteiger partial charge in [0, 0.05) is 13.1 Å². The predicted molar refractivity (Wildman–Crippen MR) is 71.0 cm³/mol.